The van der Waals surface area contributed by atoms with Gasteiger partial charge in [-0.1, -0.05) is 0 Å². The summed E-state index contributed by atoms with van der Waals surface area (Å²) < 4.78 is 5.35. The van der Waals surface area contributed by atoms with Crippen LogP contribution in [0.1, 0.15) is 43.9 Å². The molecule has 0 aliphatic carbocycles. The van der Waals surface area contributed by atoms with Crippen LogP contribution in [0.5, 0.6) is 0 Å². The second-order valence-corrected chi connectivity index (χ2v) is 4.87. The lowest BCUT2D eigenvalue weighted by atomic mass is 10.1. The van der Waals surface area contributed by atoms with Gasteiger partial charge < -0.3 is 14.6 Å². The zero-order valence-corrected chi connectivity index (χ0v) is 11.3. The second-order valence-electron chi connectivity index (χ2n) is 4.87. The first-order valence-electron chi connectivity index (χ1n) is 6.55. The minimum absolute atomic E-state index is 0.0565. The van der Waals surface area contributed by atoms with E-state index in [1.54, 1.807) is 24.9 Å². The second kappa shape index (κ2) is 5.86. The zero-order chi connectivity index (χ0) is 13.8. The van der Waals surface area contributed by atoms with Crippen molar-refractivity contribution in [1.29, 1.82) is 0 Å². The van der Waals surface area contributed by atoms with E-state index in [9.17, 15) is 9.59 Å². The van der Waals surface area contributed by atoms with Crippen LogP contribution in [0.15, 0.2) is 10.6 Å². The molecule has 0 saturated carbocycles. The van der Waals surface area contributed by atoms with Gasteiger partial charge in [-0.15, -0.1) is 0 Å². The number of hydrogen-bond acceptors (Lipinski definition) is 4. The highest BCUT2D eigenvalue weighted by Gasteiger charge is 2.22. The molecule has 0 aromatic carbocycles. The van der Waals surface area contributed by atoms with E-state index in [0.29, 0.717) is 24.6 Å². The van der Waals surface area contributed by atoms with Crippen LogP contribution < -0.4 is 5.32 Å². The summed E-state index contributed by atoms with van der Waals surface area (Å²) in [4.78, 5) is 29.1. The molecule has 1 unspecified atom stereocenters. The Kier molecular flexibility index (Phi) is 4.19. The molecule has 2 heterocycles. The van der Waals surface area contributed by atoms with Crippen molar-refractivity contribution in [1.82, 2.24) is 15.2 Å². The summed E-state index contributed by atoms with van der Waals surface area (Å²) in [5, 5.41) is 2.79. The predicted octanol–water partition coefficient (Wildman–Crippen LogP) is 1.17. The minimum Gasteiger partial charge on any atom is -0.444 e. The van der Waals surface area contributed by atoms with Gasteiger partial charge in [-0.25, -0.2) is 4.98 Å². The molecule has 0 spiro atoms. The minimum atomic E-state index is -0.291. The Morgan fingerprint density at radius 2 is 2.37 bits per heavy atom. The lowest BCUT2D eigenvalue weighted by Crippen LogP contribution is -2.43. The number of carbonyl (C=O) groups is 2. The van der Waals surface area contributed by atoms with E-state index in [4.69, 9.17) is 4.42 Å². The summed E-state index contributed by atoms with van der Waals surface area (Å²) in [5.74, 6) is 1.07. The van der Waals surface area contributed by atoms with Gasteiger partial charge in [-0.2, -0.15) is 0 Å². The van der Waals surface area contributed by atoms with Crippen molar-refractivity contribution >= 4 is 11.8 Å². The van der Waals surface area contributed by atoms with Crippen LogP contribution >= 0.6 is 0 Å². The topological polar surface area (TPSA) is 75.4 Å². The van der Waals surface area contributed by atoms with Crippen LogP contribution in [0, 0.1) is 6.92 Å². The van der Waals surface area contributed by atoms with Crippen LogP contribution in [0.4, 0.5) is 0 Å². The average Bonchev–Trinajstić information content (AvgIpc) is 2.79. The van der Waals surface area contributed by atoms with Crippen molar-refractivity contribution in [2.45, 2.75) is 39.2 Å². The summed E-state index contributed by atoms with van der Waals surface area (Å²) in [6, 6.07) is -0.291. The van der Waals surface area contributed by atoms with E-state index >= 15 is 0 Å². The zero-order valence-electron chi connectivity index (χ0n) is 11.3. The highest BCUT2D eigenvalue weighted by Crippen LogP contribution is 2.13. The molecule has 1 fully saturated rings. The number of carbonyl (C=O) groups excluding carboxylic acids is 2. The first-order valence-corrected chi connectivity index (χ1v) is 6.55. The molecule has 1 aromatic rings. The highest BCUT2D eigenvalue weighted by atomic mass is 16.4. The number of likely N-dealkylation sites (tertiary alicyclic amines) is 1. The summed E-state index contributed by atoms with van der Waals surface area (Å²) in [5.41, 5.74) is 0. The number of oxazole rings is 1. The Hall–Kier alpha value is -1.85. The van der Waals surface area contributed by atoms with E-state index in [1.165, 1.54) is 0 Å². The molecular weight excluding hydrogens is 246 g/mol. The normalized spacial score (nSPS) is 17.4. The molecule has 1 aromatic heterocycles. The van der Waals surface area contributed by atoms with Gasteiger partial charge >= 0.3 is 0 Å². The van der Waals surface area contributed by atoms with Crippen molar-refractivity contribution in [3.05, 3.63) is 17.8 Å². The molecule has 6 nitrogen and oxygen atoms in total. The third-order valence-electron chi connectivity index (χ3n) is 3.14. The van der Waals surface area contributed by atoms with Gasteiger partial charge in [0.2, 0.25) is 17.7 Å². The predicted molar refractivity (Wildman–Crippen MR) is 68.2 cm³/mol. The number of nitrogens with one attached hydrogen (secondary N) is 1. The SMILES string of the molecule is Cc1cnc(C(C)NC(=O)CN2CCCCC2=O)o1. The standard InChI is InChI=1S/C13H19N3O3/c1-9-7-14-13(19-9)10(2)15-11(17)8-16-6-4-3-5-12(16)18/h7,10H,3-6,8H2,1-2H3,(H,15,17). The number of rotatable bonds is 4. The highest BCUT2D eigenvalue weighted by molar-refractivity contribution is 5.85. The fourth-order valence-corrected chi connectivity index (χ4v) is 2.12. The fraction of sp³-hybridized carbons (Fsp3) is 0.615. The summed E-state index contributed by atoms with van der Waals surface area (Å²) in [6.07, 6.45) is 4.05. The Labute approximate surface area is 112 Å². The van der Waals surface area contributed by atoms with Crippen LogP contribution in [-0.4, -0.2) is 34.8 Å². The molecule has 1 saturated heterocycles. The van der Waals surface area contributed by atoms with Crippen molar-refractivity contribution in [3.8, 4) is 0 Å². The van der Waals surface area contributed by atoms with Crippen molar-refractivity contribution in [2.75, 3.05) is 13.1 Å². The number of nitrogens with zero attached hydrogens (tertiary/aromatic N) is 2. The van der Waals surface area contributed by atoms with Crippen LogP contribution in [0.25, 0.3) is 0 Å². The first-order chi connectivity index (χ1) is 9.06. The number of hydrogen-bond donors (Lipinski definition) is 1. The number of aromatic nitrogens is 1. The third-order valence-corrected chi connectivity index (χ3v) is 3.14. The third kappa shape index (κ3) is 3.56. The van der Waals surface area contributed by atoms with E-state index in [2.05, 4.69) is 10.3 Å². The molecule has 104 valence electrons. The number of aryl methyl sites for hydroxylation is 1. The number of piperidine rings is 1. The summed E-state index contributed by atoms with van der Waals surface area (Å²) in [6.45, 7) is 4.39. The molecular formula is C13H19N3O3. The van der Waals surface area contributed by atoms with Crippen molar-refractivity contribution < 1.29 is 14.0 Å². The van der Waals surface area contributed by atoms with Gasteiger partial charge in [0.1, 0.15) is 11.8 Å². The molecule has 1 N–H and O–H groups in total. The maximum atomic E-state index is 11.9. The molecule has 1 aliphatic rings. The van der Waals surface area contributed by atoms with Gasteiger partial charge in [0, 0.05) is 13.0 Å². The molecule has 1 atom stereocenters. The molecule has 2 amide bonds. The van der Waals surface area contributed by atoms with Crippen LogP contribution in [0.3, 0.4) is 0 Å². The Morgan fingerprint density at radius 3 is 3.00 bits per heavy atom. The molecule has 1 aliphatic heterocycles. The molecule has 6 heteroatoms. The molecule has 0 bridgehead atoms. The van der Waals surface area contributed by atoms with Gasteiger partial charge in [0.05, 0.1) is 12.7 Å². The molecule has 2 rings (SSSR count). The van der Waals surface area contributed by atoms with Gasteiger partial charge in [-0.3, -0.25) is 9.59 Å². The Bertz CT molecular complexity index is 469. The smallest absolute Gasteiger partial charge is 0.240 e. The van der Waals surface area contributed by atoms with Crippen LogP contribution in [-0.2, 0) is 9.59 Å². The maximum Gasteiger partial charge on any atom is 0.240 e. The van der Waals surface area contributed by atoms with Crippen molar-refractivity contribution in [2.24, 2.45) is 0 Å². The Morgan fingerprint density at radius 1 is 1.58 bits per heavy atom. The van der Waals surface area contributed by atoms with Gasteiger partial charge in [0.25, 0.3) is 0 Å². The summed E-state index contributed by atoms with van der Waals surface area (Å²) >= 11 is 0. The lowest BCUT2D eigenvalue weighted by Gasteiger charge is -2.26. The maximum absolute atomic E-state index is 11.9. The fourth-order valence-electron chi connectivity index (χ4n) is 2.12. The lowest BCUT2D eigenvalue weighted by molar-refractivity contribution is -0.138. The van der Waals surface area contributed by atoms with Gasteiger partial charge in [0.15, 0.2) is 0 Å². The van der Waals surface area contributed by atoms with E-state index < -0.39 is 0 Å². The van der Waals surface area contributed by atoms with E-state index in [-0.39, 0.29) is 24.4 Å². The average molecular weight is 265 g/mol. The first kappa shape index (κ1) is 13.6. The molecule has 19 heavy (non-hydrogen) atoms. The quantitative estimate of drug-likeness (QED) is 0.886. The van der Waals surface area contributed by atoms with Gasteiger partial charge in [-0.05, 0) is 26.7 Å². The number of amides is 2. The molecule has 0 radical (unpaired) electrons. The van der Waals surface area contributed by atoms with Crippen molar-refractivity contribution in [3.63, 3.8) is 0 Å². The van der Waals surface area contributed by atoms with E-state index in [1.807, 2.05) is 0 Å². The van der Waals surface area contributed by atoms with E-state index in [0.717, 1.165) is 12.8 Å². The monoisotopic (exact) mass is 265 g/mol. The summed E-state index contributed by atoms with van der Waals surface area (Å²) in [7, 11) is 0. The largest absolute Gasteiger partial charge is 0.444 e. The Balaban J connectivity index is 1.85. The van der Waals surface area contributed by atoms with Crippen LogP contribution in [0.2, 0.25) is 0 Å².